The van der Waals surface area contributed by atoms with Crippen molar-refractivity contribution in [3.63, 3.8) is 0 Å². The quantitative estimate of drug-likeness (QED) is 0.904. The van der Waals surface area contributed by atoms with Gasteiger partial charge in [-0.2, -0.15) is 0 Å². The van der Waals surface area contributed by atoms with Crippen LogP contribution in [0.3, 0.4) is 0 Å². The van der Waals surface area contributed by atoms with Crippen LogP contribution >= 0.6 is 0 Å². The smallest absolute Gasteiger partial charge is 0.317 e. The topological polar surface area (TPSA) is 66.5 Å². The van der Waals surface area contributed by atoms with E-state index in [1.165, 1.54) is 11.1 Å². The van der Waals surface area contributed by atoms with E-state index in [0.717, 1.165) is 19.3 Å². The zero-order chi connectivity index (χ0) is 15.7. The lowest BCUT2D eigenvalue weighted by Gasteiger charge is -2.34. The number of hydrogen-bond acceptors (Lipinski definition) is 3. The Labute approximate surface area is 131 Å². The molecule has 6 heteroatoms. The molecule has 2 atom stereocenters. The zero-order valence-electron chi connectivity index (χ0n) is 12.8. The van der Waals surface area contributed by atoms with Gasteiger partial charge in [-0.1, -0.05) is 24.3 Å². The Bertz CT molecular complexity index is 672. The average Bonchev–Trinajstić information content (AvgIpc) is 2.84. The minimum absolute atomic E-state index is 0.0633. The molecule has 22 heavy (non-hydrogen) atoms. The summed E-state index contributed by atoms with van der Waals surface area (Å²) in [4.78, 5) is 14.2. The first-order valence-corrected chi connectivity index (χ1v) is 9.60. The number of hydrogen-bond donors (Lipinski definition) is 1. The first-order valence-electron chi connectivity index (χ1n) is 7.78. The van der Waals surface area contributed by atoms with Crippen LogP contribution in [-0.2, 0) is 16.3 Å². The highest BCUT2D eigenvalue weighted by Gasteiger charge is 2.32. The summed E-state index contributed by atoms with van der Waals surface area (Å²) in [7, 11) is -1.18. The summed E-state index contributed by atoms with van der Waals surface area (Å²) >= 11 is 0. The monoisotopic (exact) mass is 322 g/mol. The van der Waals surface area contributed by atoms with Gasteiger partial charge in [0.2, 0.25) is 0 Å². The van der Waals surface area contributed by atoms with Crippen molar-refractivity contribution in [3.05, 3.63) is 35.4 Å². The van der Waals surface area contributed by atoms with Crippen LogP contribution in [0.1, 0.15) is 36.4 Å². The maximum Gasteiger partial charge on any atom is 0.317 e. The van der Waals surface area contributed by atoms with E-state index in [1.807, 2.05) is 12.1 Å². The minimum atomic E-state index is -2.97. The van der Waals surface area contributed by atoms with Gasteiger partial charge in [-0.25, -0.2) is 13.2 Å². The lowest BCUT2D eigenvalue weighted by molar-refractivity contribution is 0.181. The fraction of sp³-hybridized carbons (Fsp3) is 0.562. The van der Waals surface area contributed by atoms with Gasteiger partial charge >= 0.3 is 6.03 Å². The summed E-state index contributed by atoms with van der Waals surface area (Å²) in [5.41, 5.74) is 2.52. The van der Waals surface area contributed by atoms with E-state index in [1.54, 1.807) is 11.9 Å². The molecule has 1 aliphatic carbocycles. The Hall–Kier alpha value is -1.56. The zero-order valence-corrected chi connectivity index (χ0v) is 13.6. The molecule has 1 aliphatic heterocycles. The molecule has 1 heterocycles. The highest BCUT2D eigenvalue weighted by molar-refractivity contribution is 7.91. The molecule has 1 aromatic rings. The SMILES string of the molecule is CN(C(=O)NC1CCS(=O)(=O)C1)C1CCCc2ccccc21. The van der Waals surface area contributed by atoms with E-state index in [-0.39, 0.29) is 29.6 Å². The van der Waals surface area contributed by atoms with Gasteiger partial charge in [-0.15, -0.1) is 0 Å². The van der Waals surface area contributed by atoms with Crippen LogP contribution in [0.5, 0.6) is 0 Å². The molecule has 0 spiro atoms. The lowest BCUT2D eigenvalue weighted by Crippen LogP contribution is -2.45. The largest absolute Gasteiger partial charge is 0.334 e. The number of nitrogens with one attached hydrogen (secondary N) is 1. The van der Waals surface area contributed by atoms with Gasteiger partial charge in [-0.05, 0) is 36.8 Å². The number of rotatable bonds is 2. The van der Waals surface area contributed by atoms with Crippen molar-refractivity contribution in [3.8, 4) is 0 Å². The van der Waals surface area contributed by atoms with Gasteiger partial charge in [0.1, 0.15) is 0 Å². The van der Waals surface area contributed by atoms with Crippen LogP contribution in [0.2, 0.25) is 0 Å². The molecule has 1 N–H and O–H groups in total. The molecule has 2 unspecified atom stereocenters. The first-order chi connectivity index (χ1) is 10.5. The number of amides is 2. The molecule has 0 radical (unpaired) electrons. The van der Waals surface area contributed by atoms with Gasteiger partial charge < -0.3 is 10.2 Å². The van der Waals surface area contributed by atoms with Crippen molar-refractivity contribution in [1.29, 1.82) is 0 Å². The number of carbonyl (C=O) groups excluding carboxylic acids is 1. The standard InChI is InChI=1S/C16H22N2O3S/c1-18(16(19)17-13-9-10-22(20,21)11-13)15-8-4-6-12-5-2-3-7-14(12)15/h2-3,5,7,13,15H,4,6,8-11H2,1H3,(H,17,19). The van der Waals surface area contributed by atoms with Crippen LogP contribution < -0.4 is 5.32 Å². The molecule has 2 amide bonds. The predicted molar refractivity (Wildman–Crippen MR) is 85.5 cm³/mol. The average molecular weight is 322 g/mol. The lowest BCUT2D eigenvalue weighted by atomic mass is 9.87. The van der Waals surface area contributed by atoms with E-state index >= 15 is 0 Å². The molecular weight excluding hydrogens is 300 g/mol. The summed E-state index contributed by atoms with van der Waals surface area (Å²) in [6.45, 7) is 0. The Morgan fingerprint density at radius 3 is 2.77 bits per heavy atom. The molecule has 1 saturated heterocycles. The van der Waals surface area contributed by atoms with Gasteiger partial charge in [0.05, 0.1) is 17.5 Å². The number of aryl methyl sites for hydroxylation is 1. The number of nitrogens with zero attached hydrogens (tertiary/aromatic N) is 1. The van der Waals surface area contributed by atoms with Gasteiger partial charge in [0, 0.05) is 13.1 Å². The number of fused-ring (bicyclic) bond motifs is 1. The van der Waals surface area contributed by atoms with Crippen LogP contribution in [0.4, 0.5) is 4.79 Å². The Kier molecular flexibility index (Phi) is 4.12. The van der Waals surface area contributed by atoms with Crippen molar-refractivity contribution in [2.75, 3.05) is 18.6 Å². The van der Waals surface area contributed by atoms with E-state index < -0.39 is 9.84 Å². The summed E-state index contributed by atoms with van der Waals surface area (Å²) < 4.78 is 23.0. The van der Waals surface area contributed by atoms with Crippen LogP contribution in [0.25, 0.3) is 0 Å². The normalized spacial score (nSPS) is 26.2. The Morgan fingerprint density at radius 2 is 2.05 bits per heavy atom. The third-order valence-corrected chi connectivity index (χ3v) is 6.45. The van der Waals surface area contributed by atoms with E-state index in [2.05, 4.69) is 17.4 Å². The second-order valence-electron chi connectivity index (χ2n) is 6.27. The fourth-order valence-electron chi connectivity index (χ4n) is 3.46. The maximum absolute atomic E-state index is 12.4. The summed E-state index contributed by atoms with van der Waals surface area (Å²) in [6.07, 6.45) is 3.59. The van der Waals surface area contributed by atoms with Crippen molar-refractivity contribution >= 4 is 15.9 Å². The second kappa shape index (κ2) is 5.91. The Balaban J connectivity index is 1.69. The minimum Gasteiger partial charge on any atom is -0.334 e. The molecule has 1 fully saturated rings. The fourth-order valence-corrected chi connectivity index (χ4v) is 5.13. The van der Waals surface area contributed by atoms with Gasteiger partial charge in [-0.3, -0.25) is 0 Å². The van der Waals surface area contributed by atoms with E-state index in [9.17, 15) is 13.2 Å². The van der Waals surface area contributed by atoms with Crippen molar-refractivity contribution < 1.29 is 13.2 Å². The molecule has 5 nitrogen and oxygen atoms in total. The molecule has 3 rings (SSSR count). The highest BCUT2D eigenvalue weighted by Crippen LogP contribution is 2.33. The highest BCUT2D eigenvalue weighted by atomic mass is 32.2. The van der Waals surface area contributed by atoms with E-state index in [4.69, 9.17) is 0 Å². The number of sulfone groups is 1. The number of benzene rings is 1. The molecule has 0 bridgehead atoms. The molecular formula is C16H22N2O3S. The molecule has 120 valence electrons. The summed E-state index contributed by atoms with van der Waals surface area (Å²) in [6, 6.07) is 7.89. The van der Waals surface area contributed by atoms with Crippen LogP contribution in [-0.4, -0.2) is 43.9 Å². The number of urea groups is 1. The molecule has 0 aromatic heterocycles. The molecule has 1 aromatic carbocycles. The number of carbonyl (C=O) groups is 1. The van der Waals surface area contributed by atoms with Crippen LogP contribution in [0, 0.1) is 0 Å². The van der Waals surface area contributed by atoms with Crippen molar-refractivity contribution in [2.24, 2.45) is 0 Å². The third-order valence-electron chi connectivity index (χ3n) is 4.69. The molecule has 2 aliphatic rings. The third kappa shape index (κ3) is 3.11. The molecule has 0 saturated carbocycles. The second-order valence-corrected chi connectivity index (χ2v) is 8.50. The van der Waals surface area contributed by atoms with Crippen molar-refractivity contribution in [2.45, 2.75) is 37.8 Å². The van der Waals surface area contributed by atoms with Crippen LogP contribution in [0.15, 0.2) is 24.3 Å². The Morgan fingerprint density at radius 1 is 1.27 bits per heavy atom. The summed E-state index contributed by atoms with van der Waals surface area (Å²) in [5.74, 6) is 0.238. The first kappa shape index (κ1) is 15.3. The predicted octanol–water partition coefficient (Wildman–Crippen LogP) is 1.89. The summed E-state index contributed by atoms with van der Waals surface area (Å²) in [5, 5.41) is 2.87. The maximum atomic E-state index is 12.4. The van der Waals surface area contributed by atoms with Gasteiger partial charge in [0.15, 0.2) is 9.84 Å². The van der Waals surface area contributed by atoms with E-state index in [0.29, 0.717) is 6.42 Å². The van der Waals surface area contributed by atoms with Gasteiger partial charge in [0.25, 0.3) is 0 Å². The van der Waals surface area contributed by atoms with Crippen molar-refractivity contribution in [1.82, 2.24) is 10.2 Å².